The number of allylic oxidation sites excluding steroid dienone is 1. The first kappa shape index (κ1) is 16.5. The van der Waals surface area contributed by atoms with Gasteiger partial charge in [0, 0.05) is 0 Å². The monoisotopic (exact) mass is 320 g/mol. The van der Waals surface area contributed by atoms with Crippen LogP contribution in [0, 0.1) is 0 Å². The number of hydrogen-bond donors (Lipinski definition) is 1. The molecule has 124 valence electrons. The van der Waals surface area contributed by atoms with E-state index in [0.717, 1.165) is 17.5 Å². The molecule has 1 aliphatic rings. The SMILES string of the molecule is CCCCCC/C(C)=C1\c2ccccc2-c2ccc(C(=O)O)cc21. The topological polar surface area (TPSA) is 37.3 Å². The van der Waals surface area contributed by atoms with Gasteiger partial charge in [-0.25, -0.2) is 4.79 Å². The molecule has 2 aromatic carbocycles. The number of carbonyl (C=O) groups is 1. The number of carboxylic acid groups (broad SMARTS) is 1. The van der Waals surface area contributed by atoms with Gasteiger partial charge in [-0.3, -0.25) is 0 Å². The molecule has 0 amide bonds. The fraction of sp³-hybridized carbons (Fsp3) is 0.318. The van der Waals surface area contributed by atoms with Crippen LogP contribution in [-0.4, -0.2) is 11.1 Å². The van der Waals surface area contributed by atoms with E-state index in [1.165, 1.54) is 48.0 Å². The van der Waals surface area contributed by atoms with Gasteiger partial charge in [0.15, 0.2) is 0 Å². The van der Waals surface area contributed by atoms with Crippen molar-refractivity contribution in [2.75, 3.05) is 0 Å². The minimum absolute atomic E-state index is 0.359. The highest BCUT2D eigenvalue weighted by atomic mass is 16.4. The van der Waals surface area contributed by atoms with Crippen LogP contribution in [-0.2, 0) is 0 Å². The highest BCUT2D eigenvalue weighted by molar-refractivity contribution is 6.04. The summed E-state index contributed by atoms with van der Waals surface area (Å²) in [4.78, 5) is 11.4. The van der Waals surface area contributed by atoms with Crippen molar-refractivity contribution in [3.05, 3.63) is 64.7 Å². The smallest absolute Gasteiger partial charge is 0.335 e. The van der Waals surface area contributed by atoms with Crippen molar-refractivity contribution < 1.29 is 9.90 Å². The van der Waals surface area contributed by atoms with E-state index in [2.05, 4.69) is 32.0 Å². The average Bonchev–Trinajstić information content (AvgIpc) is 2.92. The Hall–Kier alpha value is -2.35. The lowest BCUT2D eigenvalue weighted by molar-refractivity contribution is 0.0697. The van der Waals surface area contributed by atoms with Gasteiger partial charge >= 0.3 is 5.97 Å². The summed E-state index contributed by atoms with van der Waals surface area (Å²) in [5.74, 6) is -0.867. The van der Waals surface area contributed by atoms with Crippen LogP contribution in [0.15, 0.2) is 48.0 Å². The van der Waals surface area contributed by atoms with E-state index < -0.39 is 5.97 Å². The number of fused-ring (bicyclic) bond motifs is 3. The zero-order valence-electron chi connectivity index (χ0n) is 14.4. The predicted octanol–water partition coefficient (Wildman–Crippen LogP) is 6.16. The summed E-state index contributed by atoms with van der Waals surface area (Å²) in [5.41, 5.74) is 7.64. The molecule has 3 rings (SSSR count). The maximum absolute atomic E-state index is 11.4. The Morgan fingerprint density at radius 3 is 2.33 bits per heavy atom. The van der Waals surface area contributed by atoms with E-state index >= 15 is 0 Å². The van der Waals surface area contributed by atoms with Crippen LogP contribution in [0.2, 0.25) is 0 Å². The molecule has 24 heavy (non-hydrogen) atoms. The summed E-state index contributed by atoms with van der Waals surface area (Å²) in [6.07, 6.45) is 6.03. The molecule has 0 heterocycles. The van der Waals surface area contributed by atoms with Gasteiger partial charge in [0.05, 0.1) is 5.56 Å². The van der Waals surface area contributed by atoms with Gasteiger partial charge in [0.1, 0.15) is 0 Å². The zero-order valence-corrected chi connectivity index (χ0v) is 14.4. The van der Waals surface area contributed by atoms with Gasteiger partial charge in [0.2, 0.25) is 0 Å². The highest BCUT2D eigenvalue weighted by Gasteiger charge is 2.25. The van der Waals surface area contributed by atoms with Crippen LogP contribution in [0.5, 0.6) is 0 Å². The van der Waals surface area contributed by atoms with Gasteiger partial charge in [-0.15, -0.1) is 0 Å². The minimum atomic E-state index is -0.867. The number of carboxylic acids is 1. The van der Waals surface area contributed by atoms with Gasteiger partial charge < -0.3 is 5.11 Å². The molecule has 0 saturated carbocycles. The van der Waals surface area contributed by atoms with E-state index in [1.807, 2.05) is 18.2 Å². The molecule has 2 nitrogen and oxygen atoms in total. The standard InChI is InChI=1S/C22H24O2/c1-3-4-5-6-9-15(2)21-19-11-8-7-10-17(19)18-13-12-16(22(23)24)14-20(18)21/h7-8,10-14H,3-6,9H2,1-2H3,(H,23,24)/b21-15+. The van der Waals surface area contributed by atoms with E-state index in [-0.39, 0.29) is 0 Å². The first-order chi connectivity index (χ1) is 11.6. The van der Waals surface area contributed by atoms with Crippen molar-refractivity contribution in [2.24, 2.45) is 0 Å². The number of aromatic carboxylic acids is 1. The zero-order chi connectivity index (χ0) is 17.1. The number of rotatable bonds is 6. The lowest BCUT2D eigenvalue weighted by Gasteiger charge is -2.10. The van der Waals surface area contributed by atoms with Crippen LogP contribution >= 0.6 is 0 Å². The van der Waals surface area contributed by atoms with Crippen LogP contribution in [0.3, 0.4) is 0 Å². The fourth-order valence-corrected chi connectivity index (χ4v) is 3.60. The predicted molar refractivity (Wildman–Crippen MR) is 99.3 cm³/mol. The summed E-state index contributed by atoms with van der Waals surface area (Å²) in [7, 11) is 0. The molecule has 0 aliphatic heterocycles. The normalized spacial score (nSPS) is 14.2. The lowest BCUT2D eigenvalue weighted by atomic mass is 9.94. The van der Waals surface area contributed by atoms with Crippen molar-refractivity contribution in [3.8, 4) is 11.1 Å². The van der Waals surface area contributed by atoms with Gasteiger partial charge in [-0.05, 0) is 59.7 Å². The van der Waals surface area contributed by atoms with Crippen molar-refractivity contribution in [3.63, 3.8) is 0 Å². The summed E-state index contributed by atoms with van der Waals surface area (Å²) in [6.45, 7) is 4.42. The number of benzene rings is 2. The Bertz CT molecular complexity index is 799. The molecular weight excluding hydrogens is 296 g/mol. The fourth-order valence-electron chi connectivity index (χ4n) is 3.60. The number of unbranched alkanes of at least 4 members (excludes halogenated alkanes) is 3. The summed E-state index contributed by atoms with van der Waals surface area (Å²) in [5, 5.41) is 9.34. The van der Waals surface area contributed by atoms with Crippen molar-refractivity contribution in [1.82, 2.24) is 0 Å². The molecule has 0 fully saturated rings. The molecule has 0 atom stereocenters. The van der Waals surface area contributed by atoms with Crippen molar-refractivity contribution in [1.29, 1.82) is 0 Å². The second kappa shape index (κ2) is 7.04. The molecule has 1 aliphatic carbocycles. The van der Waals surface area contributed by atoms with Gasteiger partial charge in [-0.2, -0.15) is 0 Å². The Balaban J connectivity index is 2.05. The Kier molecular flexibility index (Phi) is 4.84. The highest BCUT2D eigenvalue weighted by Crippen LogP contribution is 2.46. The molecule has 0 radical (unpaired) electrons. The molecule has 1 N–H and O–H groups in total. The maximum Gasteiger partial charge on any atom is 0.335 e. The van der Waals surface area contributed by atoms with Crippen molar-refractivity contribution in [2.45, 2.75) is 46.0 Å². The van der Waals surface area contributed by atoms with Gasteiger partial charge in [-0.1, -0.05) is 62.1 Å². The maximum atomic E-state index is 11.4. The minimum Gasteiger partial charge on any atom is -0.478 e. The Morgan fingerprint density at radius 2 is 1.62 bits per heavy atom. The first-order valence-corrected chi connectivity index (χ1v) is 8.80. The molecule has 2 heteroatoms. The second-order valence-corrected chi connectivity index (χ2v) is 6.58. The lowest BCUT2D eigenvalue weighted by Crippen LogP contribution is -1.97. The summed E-state index contributed by atoms with van der Waals surface area (Å²) < 4.78 is 0. The van der Waals surface area contributed by atoms with Crippen LogP contribution < -0.4 is 0 Å². The molecule has 0 saturated heterocycles. The molecule has 0 spiro atoms. The Labute approximate surface area is 143 Å². The summed E-state index contributed by atoms with van der Waals surface area (Å²) in [6, 6.07) is 13.9. The quantitative estimate of drug-likeness (QED) is 0.552. The molecule has 0 aromatic heterocycles. The molecule has 0 unspecified atom stereocenters. The second-order valence-electron chi connectivity index (χ2n) is 6.58. The number of hydrogen-bond acceptors (Lipinski definition) is 1. The van der Waals surface area contributed by atoms with Gasteiger partial charge in [0.25, 0.3) is 0 Å². The Morgan fingerprint density at radius 1 is 0.917 bits per heavy atom. The third-order valence-corrected chi connectivity index (χ3v) is 4.85. The summed E-state index contributed by atoms with van der Waals surface area (Å²) >= 11 is 0. The van der Waals surface area contributed by atoms with E-state index in [9.17, 15) is 9.90 Å². The molecule has 2 aromatic rings. The van der Waals surface area contributed by atoms with Crippen molar-refractivity contribution >= 4 is 11.5 Å². The third-order valence-electron chi connectivity index (χ3n) is 4.85. The van der Waals surface area contributed by atoms with Crippen LogP contribution in [0.1, 0.15) is 67.4 Å². The van der Waals surface area contributed by atoms with E-state index in [4.69, 9.17) is 0 Å². The molecule has 0 bridgehead atoms. The largest absolute Gasteiger partial charge is 0.478 e. The van der Waals surface area contributed by atoms with Crippen LogP contribution in [0.4, 0.5) is 0 Å². The average molecular weight is 320 g/mol. The van der Waals surface area contributed by atoms with Crippen LogP contribution in [0.25, 0.3) is 16.7 Å². The molecular formula is C22H24O2. The van der Waals surface area contributed by atoms with E-state index in [1.54, 1.807) is 6.07 Å². The third kappa shape index (κ3) is 3.01. The first-order valence-electron chi connectivity index (χ1n) is 8.80. The van der Waals surface area contributed by atoms with E-state index in [0.29, 0.717) is 5.56 Å².